The third-order valence-corrected chi connectivity index (χ3v) is 4.52. The summed E-state index contributed by atoms with van der Waals surface area (Å²) in [6, 6.07) is 23.0. The normalized spacial score (nSPS) is 11.1. The van der Waals surface area contributed by atoms with E-state index in [4.69, 9.17) is 5.11 Å². The standard InChI is InChI=1S/C18H20O2.C7H6O2/c1-3-17(13-5-9-15(19)10-6-13)18(4-2)14-7-11-16(20)12-8-14;8-7(9)6-4-2-1-3-5-6/h5-12,19-20H,3-4H2,1-2H3;1-5H,(H,8,9)/b18-17+;. The molecule has 0 aliphatic rings. The summed E-state index contributed by atoms with van der Waals surface area (Å²) >= 11 is 0. The second kappa shape index (κ2) is 10.7. The molecule has 0 atom stereocenters. The van der Waals surface area contributed by atoms with E-state index in [2.05, 4.69) is 13.8 Å². The van der Waals surface area contributed by atoms with Crippen molar-refractivity contribution < 1.29 is 20.1 Å². The second-order valence-corrected chi connectivity index (χ2v) is 6.43. The van der Waals surface area contributed by atoms with Gasteiger partial charge in [-0.15, -0.1) is 0 Å². The number of hydrogen-bond donors (Lipinski definition) is 3. The van der Waals surface area contributed by atoms with E-state index in [1.165, 1.54) is 11.1 Å². The second-order valence-electron chi connectivity index (χ2n) is 6.43. The van der Waals surface area contributed by atoms with Gasteiger partial charge in [-0.05, 0) is 71.5 Å². The molecule has 0 aromatic heterocycles. The lowest BCUT2D eigenvalue weighted by molar-refractivity contribution is 0.0697. The monoisotopic (exact) mass is 390 g/mol. The first-order valence-electron chi connectivity index (χ1n) is 9.55. The minimum Gasteiger partial charge on any atom is -0.508 e. The number of aromatic carboxylic acids is 1. The van der Waals surface area contributed by atoms with Gasteiger partial charge < -0.3 is 15.3 Å². The highest BCUT2D eigenvalue weighted by Crippen LogP contribution is 2.32. The molecule has 0 spiro atoms. The first-order valence-corrected chi connectivity index (χ1v) is 9.55. The van der Waals surface area contributed by atoms with E-state index in [9.17, 15) is 15.0 Å². The van der Waals surface area contributed by atoms with Gasteiger partial charge in [-0.3, -0.25) is 0 Å². The van der Waals surface area contributed by atoms with Crippen LogP contribution >= 0.6 is 0 Å². The number of aromatic hydroxyl groups is 2. The molecule has 0 radical (unpaired) electrons. The van der Waals surface area contributed by atoms with Crippen LogP contribution in [0.25, 0.3) is 11.1 Å². The van der Waals surface area contributed by atoms with Gasteiger partial charge in [0.25, 0.3) is 0 Å². The van der Waals surface area contributed by atoms with E-state index in [-0.39, 0.29) is 11.5 Å². The van der Waals surface area contributed by atoms with Crippen LogP contribution in [0, 0.1) is 0 Å². The fraction of sp³-hybridized carbons (Fsp3) is 0.160. The van der Waals surface area contributed by atoms with Crippen LogP contribution < -0.4 is 0 Å². The van der Waals surface area contributed by atoms with Crippen LogP contribution in [-0.2, 0) is 0 Å². The molecule has 0 aliphatic heterocycles. The third-order valence-electron chi connectivity index (χ3n) is 4.52. The van der Waals surface area contributed by atoms with Crippen LogP contribution in [0.5, 0.6) is 11.5 Å². The van der Waals surface area contributed by atoms with Crippen molar-refractivity contribution in [1.82, 2.24) is 0 Å². The van der Waals surface area contributed by atoms with Crippen molar-refractivity contribution in [3.05, 3.63) is 95.6 Å². The molecule has 150 valence electrons. The van der Waals surface area contributed by atoms with Gasteiger partial charge in [0.15, 0.2) is 0 Å². The van der Waals surface area contributed by atoms with Crippen LogP contribution in [0.15, 0.2) is 78.9 Å². The molecule has 0 heterocycles. The molecule has 3 N–H and O–H groups in total. The zero-order valence-corrected chi connectivity index (χ0v) is 16.7. The molecular formula is C25H26O4. The number of hydrogen-bond acceptors (Lipinski definition) is 3. The van der Waals surface area contributed by atoms with E-state index < -0.39 is 5.97 Å². The third kappa shape index (κ3) is 6.25. The summed E-state index contributed by atoms with van der Waals surface area (Å²) in [4.78, 5) is 10.2. The Morgan fingerprint density at radius 1 is 0.621 bits per heavy atom. The van der Waals surface area contributed by atoms with Gasteiger partial charge in [0, 0.05) is 0 Å². The summed E-state index contributed by atoms with van der Waals surface area (Å²) < 4.78 is 0. The molecule has 0 fully saturated rings. The number of benzene rings is 3. The molecule has 29 heavy (non-hydrogen) atoms. The number of phenolic OH excluding ortho intramolecular Hbond substituents is 2. The van der Waals surface area contributed by atoms with E-state index in [1.54, 1.807) is 54.6 Å². The van der Waals surface area contributed by atoms with E-state index >= 15 is 0 Å². The average molecular weight is 390 g/mol. The van der Waals surface area contributed by atoms with Gasteiger partial charge in [0.2, 0.25) is 0 Å². The van der Waals surface area contributed by atoms with Crippen LogP contribution in [0.2, 0.25) is 0 Å². The minimum atomic E-state index is -0.879. The molecule has 0 saturated carbocycles. The SMILES string of the molecule is CC/C(=C(/CC)c1ccc(O)cc1)c1ccc(O)cc1.O=C(O)c1ccccc1. The molecule has 0 saturated heterocycles. The van der Waals surface area contributed by atoms with Crippen molar-refractivity contribution in [3.63, 3.8) is 0 Å². The number of rotatable bonds is 5. The zero-order valence-electron chi connectivity index (χ0n) is 16.7. The molecule has 3 rings (SSSR count). The number of carboxylic acids is 1. The maximum atomic E-state index is 10.2. The number of carbonyl (C=O) groups is 1. The Hall–Kier alpha value is -3.53. The lowest BCUT2D eigenvalue weighted by atomic mass is 9.91. The highest BCUT2D eigenvalue weighted by molar-refractivity contribution is 5.90. The summed E-state index contributed by atoms with van der Waals surface area (Å²) in [6.45, 7) is 4.27. The zero-order chi connectivity index (χ0) is 21.2. The summed E-state index contributed by atoms with van der Waals surface area (Å²) in [5.74, 6) is -0.311. The molecule has 4 nitrogen and oxygen atoms in total. The van der Waals surface area contributed by atoms with Crippen LogP contribution in [-0.4, -0.2) is 21.3 Å². The predicted molar refractivity (Wildman–Crippen MR) is 117 cm³/mol. The van der Waals surface area contributed by atoms with Gasteiger partial charge in [-0.25, -0.2) is 4.79 Å². The van der Waals surface area contributed by atoms with Crippen LogP contribution in [0.1, 0.15) is 48.2 Å². The Morgan fingerprint density at radius 2 is 1.00 bits per heavy atom. The molecule has 3 aromatic carbocycles. The quantitative estimate of drug-likeness (QED) is 0.452. The van der Waals surface area contributed by atoms with Gasteiger partial charge in [-0.2, -0.15) is 0 Å². The number of carboxylic acid groups (broad SMARTS) is 1. The lowest BCUT2D eigenvalue weighted by Crippen LogP contribution is -1.93. The van der Waals surface area contributed by atoms with E-state index in [0.717, 1.165) is 24.0 Å². The van der Waals surface area contributed by atoms with Crippen molar-refractivity contribution in [2.45, 2.75) is 26.7 Å². The van der Waals surface area contributed by atoms with Crippen molar-refractivity contribution >= 4 is 17.1 Å². The van der Waals surface area contributed by atoms with Gasteiger partial charge >= 0.3 is 5.97 Å². The Bertz CT molecular complexity index is 885. The number of phenols is 2. The maximum absolute atomic E-state index is 10.2. The molecule has 3 aromatic rings. The largest absolute Gasteiger partial charge is 0.508 e. The summed E-state index contributed by atoms with van der Waals surface area (Å²) in [5.41, 5.74) is 5.15. The summed E-state index contributed by atoms with van der Waals surface area (Å²) in [5, 5.41) is 27.2. The Labute approximate surface area is 171 Å². The summed E-state index contributed by atoms with van der Waals surface area (Å²) in [7, 11) is 0. The highest BCUT2D eigenvalue weighted by atomic mass is 16.4. The Kier molecular flexibility index (Phi) is 8.04. The summed E-state index contributed by atoms with van der Waals surface area (Å²) in [6.07, 6.45) is 1.85. The first kappa shape index (κ1) is 21.8. The van der Waals surface area contributed by atoms with Gasteiger partial charge in [-0.1, -0.05) is 56.3 Å². The maximum Gasteiger partial charge on any atom is 0.335 e. The van der Waals surface area contributed by atoms with E-state index in [0.29, 0.717) is 5.56 Å². The topological polar surface area (TPSA) is 77.8 Å². The fourth-order valence-corrected chi connectivity index (χ4v) is 3.09. The molecule has 0 amide bonds. The lowest BCUT2D eigenvalue weighted by Gasteiger charge is -2.14. The smallest absolute Gasteiger partial charge is 0.335 e. The number of allylic oxidation sites excluding steroid dienone is 2. The molecule has 4 heteroatoms. The first-order chi connectivity index (χ1) is 14.0. The van der Waals surface area contributed by atoms with Crippen molar-refractivity contribution in [2.24, 2.45) is 0 Å². The van der Waals surface area contributed by atoms with Gasteiger partial charge in [0.1, 0.15) is 11.5 Å². The molecule has 0 unspecified atom stereocenters. The molecule has 0 aliphatic carbocycles. The van der Waals surface area contributed by atoms with E-state index in [1.807, 2.05) is 24.3 Å². The van der Waals surface area contributed by atoms with Crippen molar-refractivity contribution in [2.75, 3.05) is 0 Å². The van der Waals surface area contributed by atoms with Crippen molar-refractivity contribution in [3.8, 4) is 11.5 Å². The average Bonchev–Trinajstić information content (AvgIpc) is 2.75. The van der Waals surface area contributed by atoms with Crippen LogP contribution in [0.4, 0.5) is 0 Å². The molecular weight excluding hydrogens is 364 g/mol. The highest BCUT2D eigenvalue weighted by Gasteiger charge is 2.09. The predicted octanol–water partition coefficient (Wildman–Crippen LogP) is 6.21. The minimum absolute atomic E-state index is 0.284. The Morgan fingerprint density at radius 3 is 1.28 bits per heavy atom. The fourth-order valence-electron chi connectivity index (χ4n) is 3.09. The Balaban J connectivity index is 0.000000278. The molecule has 0 bridgehead atoms. The van der Waals surface area contributed by atoms with Gasteiger partial charge in [0.05, 0.1) is 5.56 Å². The van der Waals surface area contributed by atoms with Crippen LogP contribution in [0.3, 0.4) is 0 Å². The van der Waals surface area contributed by atoms with Crippen molar-refractivity contribution in [1.29, 1.82) is 0 Å².